The maximum absolute atomic E-state index is 11.5. The van der Waals surface area contributed by atoms with Crippen LogP contribution in [0, 0.1) is 0 Å². The van der Waals surface area contributed by atoms with Crippen molar-refractivity contribution in [2.24, 2.45) is 0 Å². The molecule has 2 rings (SSSR count). The number of hydrogen-bond donors (Lipinski definition) is 3. The molecule has 0 radical (unpaired) electrons. The molecule has 0 spiro atoms. The SMILES string of the molecule is COC(=O)[C@H]1O[C@@H](n2ccc(=O)[nH]c2=O)[C@H](O)[C@@H]1O. The number of H-pyrrole nitrogens is 1. The largest absolute Gasteiger partial charge is 0.467 e. The number of carbonyl (C=O) groups is 1. The molecule has 0 aromatic carbocycles. The van der Waals surface area contributed by atoms with Crippen LogP contribution in [0.2, 0.25) is 0 Å². The third-order valence-corrected chi connectivity index (χ3v) is 2.80. The van der Waals surface area contributed by atoms with E-state index in [4.69, 9.17) is 4.74 Å². The van der Waals surface area contributed by atoms with Crippen molar-refractivity contribution in [1.82, 2.24) is 9.55 Å². The molecular formula is C10H12N2O7. The minimum absolute atomic E-state index is 0.612. The van der Waals surface area contributed by atoms with Crippen LogP contribution in [-0.4, -0.2) is 51.2 Å². The number of esters is 1. The molecule has 1 aromatic heterocycles. The van der Waals surface area contributed by atoms with Gasteiger partial charge in [0, 0.05) is 12.3 Å². The lowest BCUT2D eigenvalue weighted by atomic mass is 10.1. The van der Waals surface area contributed by atoms with Crippen molar-refractivity contribution in [3.63, 3.8) is 0 Å². The monoisotopic (exact) mass is 272 g/mol. The van der Waals surface area contributed by atoms with Crippen LogP contribution in [0.15, 0.2) is 21.9 Å². The summed E-state index contributed by atoms with van der Waals surface area (Å²) in [7, 11) is 1.10. The van der Waals surface area contributed by atoms with E-state index in [0.717, 1.165) is 23.9 Å². The second kappa shape index (κ2) is 4.96. The summed E-state index contributed by atoms with van der Waals surface area (Å²) < 4.78 is 10.4. The zero-order valence-electron chi connectivity index (χ0n) is 9.85. The van der Waals surface area contributed by atoms with Gasteiger partial charge in [0.05, 0.1) is 7.11 Å². The van der Waals surface area contributed by atoms with Gasteiger partial charge in [0.25, 0.3) is 5.56 Å². The number of nitrogens with zero attached hydrogens (tertiary/aromatic N) is 1. The van der Waals surface area contributed by atoms with Crippen LogP contribution < -0.4 is 11.2 Å². The Balaban J connectivity index is 2.34. The van der Waals surface area contributed by atoms with Crippen molar-refractivity contribution in [1.29, 1.82) is 0 Å². The van der Waals surface area contributed by atoms with Gasteiger partial charge < -0.3 is 19.7 Å². The minimum Gasteiger partial charge on any atom is -0.467 e. The second-order valence-electron chi connectivity index (χ2n) is 3.97. The Bertz CT molecular complexity index is 592. The first-order valence-electron chi connectivity index (χ1n) is 5.36. The third kappa shape index (κ3) is 2.30. The average Bonchev–Trinajstić information content (AvgIpc) is 2.66. The van der Waals surface area contributed by atoms with Crippen molar-refractivity contribution >= 4 is 5.97 Å². The number of rotatable bonds is 2. The van der Waals surface area contributed by atoms with E-state index in [-0.39, 0.29) is 0 Å². The van der Waals surface area contributed by atoms with Gasteiger partial charge in [-0.2, -0.15) is 0 Å². The Labute approximate surface area is 106 Å². The summed E-state index contributed by atoms with van der Waals surface area (Å²) in [6, 6.07) is 1.05. The molecule has 0 amide bonds. The molecule has 0 bridgehead atoms. The summed E-state index contributed by atoms with van der Waals surface area (Å²) in [4.78, 5) is 35.8. The standard InChI is InChI=1S/C10H12N2O7/c1-18-9(16)7-5(14)6(15)8(19-7)12-3-2-4(13)11-10(12)17/h2-3,5-8,14-15H,1H3,(H,11,13,17)/t5-,6+,7-,8+/m0/s1. The van der Waals surface area contributed by atoms with Crippen LogP contribution in [0.4, 0.5) is 0 Å². The first-order chi connectivity index (χ1) is 8.95. The molecule has 104 valence electrons. The normalized spacial score (nSPS) is 30.3. The van der Waals surface area contributed by atoms with E-state index < -0.39 is 41.8 Å². The first kappa shape index (κ1) is 13.5. The van der Waals surface area contributed by atoms with E-state index in [0.29, 0.717) is 0 Å². The fraction of sp³-hybridized carbons (Fsp3) is 0.500. The maximum Gasteiger partial charge on any atom is 0.337 e. The minimum atomic E-state index is -1.53. The molecule has 0 aliphatic carbocycles. The Morgan fingerprint density at radius 2 is 2.11 bits per heavy atom. The molecular weight excluding hydrogens is 260 g/mol. The lowest BCUT2D eigenvalue weighted by molar-refractivity contribution is -0.159. The average molecular weight is 272 g/mol. The zero-order chi connectivity index (χ0) is 14.2. The zero-order valence-corrected chi connectivity index (χ0v) is 9.85. The van der Waals surface area contributed by atoms with E-state index in [2.05, 4.69) is 4.74 Å². The fourth-order valence-corrected chi connectivity index (χ4v) is 1.83. The molecule has 3 N–H and O–H groups in total. The highest BCUT2D eigenvalue weighted by Crippen LogP contribution is 2.28. The van der Waals surface area contributed by atoms with Crippen molar-refractivity contribution in [3.8, 4) is 0 Å². The molecule has 1 aliphatic rings. The predicted octanol–water partition coefficient (Wildman–Crippen LogP) is -2.67. The van der Waals surface area contributed by atoms with Crippen molar-refractivity contribution in [2.75, 3.05) is 7.11 Å². The molecule has 1 aliphatic heterocycles. The molecule has 1 fully saturated rings. The molecule has 0 unspecified atom stereocenters. The molecule has 19 heavy (non-hydrogen) atoms. The Hall–Kier alpha value is -1.97. The summed E-state index contributed by atoms with van der Waals surface area (Å²) in [5.74, 6) is -0.869. The van der Waals surface area contributed by atoms with Gasteiger partial charge in [-0.05, 0) is 0 Å². The molecule has 0 saturated carbocycles. The number of aliphatic hydroxyl groups excluding tert-OH is 2. The molecule has 9 heteroatoms. The van der Waals surface area contributed by atoms with Crippen LogP contribution in [0.3, 0.4) is 0 Å². The fourth-order valence-electron chi connectivity index (χ4n) is 1.83. The van der Waals surface area contributed by atoms with Gasteiger partial charge in [-0.15, -0.1) is 0 Å². The number of hydrogen-bond acceptors (Lipinski definition) is 7. The molecule has 1 aromatic rings. The highest BCUT2D eigenvalue weighted by molar-refractivity contribution is 5.75. The van der Waals surface area contributed by atoms with Gasteiger partial charge in [0.2, 0.25) is 0 Å². The van der Waals surface area contributed by atoms with Crippen LogP contribution in [0.1, 0.15) is 6.23 Å². The van der Waals surface area contributed by atoms with E-state index in [9.17, 15) is 24.6 Å². The van der Waals surface area contributed by atoms with Crippen LogP contribution in [0.5, 0.6) is 0 Å². The molecule has 4 atom stereocenters. The topological polar surface area (TPSA) is 131 Å². The van der Waals surface area contributed by atoms with Gasteiger partial charge in [0.15, 0.2) is 12.3 Å². The lowest BCUT2D eigenvalue weighted by Gasteiger charge is -2.16. The summed E-state index contributed by atoms with van der Waals surface area (Å²) in [6.45, 7) is 0. The molecule has 1 saturated heterocycles. The van der Waals surface area contributed by atoms with Crippen molar-refractivity contribution < 1.29 is 24.5 Å². The van der Waals surface area contributed by atoms with E-state index in [1.807, 2.05) is 4.98 Å². The van der Waals surface area contributed by atoms with E-state index in [1.54, 1.807) is 0 Å². The molecule has 9 nitrogen and oxygen atoms in total. The number of aliphatic hydroxyl groups is 2. The second-order valence-corrected chi connectivity index (χ2v) is 3.97. The Kier molecular flexibility index (Phi) is 3.51. The Morgan fingerprint density at radius 1 is 1.42 bits per heavy atom. The quantitative estimate of drug-likeness (QED) is 0.500. The van der Waals surface area contributed by atoms with Crippen molar-refractivity contribution in [2.45, 2.75) is 24.5 Å². The lowest BCUT2D eigenvalue weighted by Crippen LogP contribution is -2.38. The highest BCUT2D eigenvalue weighted by atomic mass is 16.6. The van der Waals surface area contributed by atoms with Gasteiger partial charge in [-0.3, -0.25) is 14.3 Å². The number of aromatic nitrogens is 2. The van der Waals surface area contributed by atoms with Crippen LogP contribution in [0.25, 0.3) is 0 Å². The Morgan fingerprint density at radius 3 is 2.68 bits per heavy atom. The van der Waals surface area contributed by atoms with E-state index >= 15 is 0 Å². The smallest absolute Gasteiger partial charge is 0.337 e. The van der Waals surface area contributed by atoms with Gasteiger partial charge in [-0.1, -0.05) is 0 Å². The first-order valence-corrected chi connectivity index (χ1v) is 5.36. The summed E-state index contributed by atoms with van der Waals surface area (Å²) in [6.07, 6.45) is -4.63. The van der Waals surface area contributed by atoms with Gasteiger partial charge in [-0.25, -0.2) is 9.59 Å². The highest BCUT2D eigenvalue weighted by Gasteiger charge is 2.48. The maximum atomic E-state index is 11.5. The van der Waals surface area contributed by atoms with Gasteiger partial charge >= 0.3 is 11.7 Å². The predicted molar refractivity (Wildman–Crippen MR) is 59.3 cm³/mol. The van der Waals surface area contributed by atoms with Gasteiger partial charge in [0.1, 0.15) is 12.2 Å². The summed E-state index contributed by atoms with van der Waals surface area (Å²) >= 11 is 0. The number of methoxy groups -OCH3 is 1. The van der Waals surface area contributed by atoms with Crippen molar-refractivity contribution in [3.05, 3.63) is 33.1 Å². The van der Waals surface area contributed by atoms with E-state index in [1.165, 1.54) is 0 Å². The number of aromatic amines is 1. The third-order valence-electron chi connectivity index (χ3n) is 2.80. The number of ether oxygens (including phenoxy) is 2. The van der Waals surface area contributed by atoms with Crippen LogP contribution in [-0.2, 0) is 14.3 Å². The number of nitrogens with one attached hydrogen (secondary N) is 1. The number of carbonyl (C=O) groups excluding carboxylic acids is 1. The summed E-state index contributed by atoms with van der Waals surface area (Å²) in [5.41, 5.74) is -1.44. The summed E-state index contributed by atoms with van der Waals surface area (Å²) in [5, 5.41) is 19.5. The molecule has 2 heterocycles. The van der Waals surface area contributed by atoms with Crippen LogP contribution >= 0.6 is 0 Å².